The van der Waals surface area contributed by atoms with E-state index in [4.69, 9.17) is 9.47 Å². The summed E-state index contributed by atoms with van der Waals surface area (Å²) in [6.45, 7) is 1.95. The quantitative estimate of drug-likeness (QED) is 0.345. The number of hydrogen-bond acceptors (Lipinski definition) is 4. The first kappa shape index (κ1) is 18.4. The Bertz CT molecular complexity index is 1120. The molecule has 0 fully saturated rings. The molecule has 0 saturated carbocycles. The number of ketones is 1. The number of carbonyl (C=O) groups excluding carboxylic acids is 2. The van der Waals surface area contributed by atoms with Gasteiger partial charge in [0.05, 0.1) is 11.1 Å². The summed E-state index contributed by atoms with van der Waals surface area (Å²) in [5.74, 6) is 0.269. The first-order chi connectivity index (χ1) is 14.1. The Kier molecular flexibility index (Phi) is 5.08. The summed E-state index contributed by atoms with van der Waals surface area (Å²) in [5, 5.41) is 0. The number of aryl methyl sites for hydroxylation is 1. The molecule has 0 atom stereocenters. The summed E-state index contributed by atoms with van der Waals surface area (Å²) in [4.78, 5) is 24.8. The van der Waals surface area contributed by atoms with Crippen molar-refractivity contribution in [2.24, 2.45) is 0 Å². The Balaban J connectivity index is 1.48. The predicted octanol–water partition coefficient (Wildman–Crippen LogP) is 5.39. The molecule has 0 N–H and O–H groups in total. The molecule has 1 aliphatic heterocycles. The maximum absolute atomic E-state index is 12.5. The van der Waals surface area contributed by atoms with E-state index in [0.717, 1.165) is 11.1 Å². The third-order valence-electron chi connectivity index (χ3n) is 4.48. The van der Waals surface area contributed by atoms with E-state index in [1.54, 1.807) is 42.5 Å². The van der Waals surface area contributed by atoms with Crippen LogP contribution >= 0.6 is 0 Å². The topological polar surface area (TPSA) is 52.6 Å². The zero-order chi connectivity index (χ0) is 20.2. The van der Waals surface area contributed by atoms with E-state index < -0.39 is 5.97 Å². The Morgan fingerprint density at radius 3 is 2.48 bits per heavy atom. The van der Waals surface area contributed by atoms with Crippen molar-refractivity contribution < 1.29 is 19.1 Å². The van der Waals surface area contributed by atoms with Gasteiger partial charge >= 0.3 is 5.97 Å². The molecular weight excluding hydrogens is 364 g/mol. The van der Waals surface area contributed by atoms with Crippen LogP contribution in [0.5, 0.6) is 11.5 Å². The SMILES string of the molecule is Cc1ccc(C(=O)Oc2ccc3c(c2)OC(=CC=Cc2ccccc2)C3=O)cc1. The van der Waals surface area contributed by atoms with Gasteiger partial charge in [0.2, 0.25) is 5.78 Å². The van der Waals surface area contributed by atoms with Crippen molar-refractivity contribution in [1.29, 1.82) is 0 Å². The Morgan fingerprint density at radius 2 is 1.72 bits per heavy atom. The van der Waals surface area contributed by atoms with Crippen molar-refractivity contribution in [1.82, 2.24) is 0 Å². The minimum absolute atomic E-state index is 0.200. The van der Waals surface area contributed by atoms with Crippen LogP contribution in [0.2, 0.25) is 0 Å². The predicted molar refractivity (Wildman–Crippen MR) is 111 cm³/mol. The summed E-state index contributed by atoms with van der Waals surface area (Å²) in [7, 11) is 0. The Morgan fingerprint density at radius 1 is 0.966 bits per heavy atom. The molecule has 3 aromatic carbocycles. The number of carbonyl (C=O) groups is 2. The molecule has 142 valence electrons. The zero-order valence-corrected chi connectivity index (χ0v) is 15.8. The molecule has 3 aromatic rings. The number of allylic oxidation sites excluding steroid dienone is 3. The number of fused-ring (bicyclic) bond motifs is 1. The van der Waals surface area contributed by atoms with Crippen LogP contribution in [0.3, 0.4) is 0 Å². The minimum atomic E-state index is -0.462. The van der Waals surface area contributed by atoms with E-state index >= 15 is 0 Å². The van der Waals surface area contributed by atoms with Gasteiger partial charge in [0.15, 0.2) is 5.76 Å². The van der Waals surface area contributed by atoms with E-state index in [1.165, 1.54) is 0 Å². The van der Waals surface area contributed by atoms with Gasteiger partial charge in [-0.3, -0.25) is 4.79 Å². The van der Waals surface area contributed by atoms with Crippen LogP contribution in [0.25, 0.3) is 6.08 Å². The first-order valence-corrected chi connectivity index (χ1v) is 9.19. The fourth-order valence-electron chi connectivity index (χ4n) is 2.91. The number of Topliss-reactive ketones (excluding diaryl/α,β-unsaturated/α-hetero) is 1. The van der Waals surface area contributed by atoms with Gasteiger partial charge in [0, 0.05) is 6.07 Å². The maximum atomic E-state index is 12.5. The van der Waals surface area contributed by atoms with E-state index in [2.05, 4.69) is 0 Å². The summed E-state index contributed by atoms with van der Waals surface area (Å²) in [6.07, 6.45) is 5.29. The molecular formula is C25H18O4. The highest BCUT2D eigenvalue weighted by atomic mass is 16.5. The molecule has 1 heterocycles. The molecule has 0 aliphatic carbocycles. The lowest BCUT2D eigenvalue weighted by atomic mass is 10.1. The third-order valence-corrected chi connectivity index (χ3v) is 4.48. The van der Waals surface area contributed by atoms with Gasteiger partial charge < -0.3 is 9.47 Å². The molecule has 0 aromatic heterocycles. The lowest BCUT2D eigenvalue weighted by Gasteiger charge is -2.06. The third kappa shape index (κ3) is 4.17. The lowest BCUT2D eigenvalue weighted by Crippen LogP contribution is -2.08. The molecule has 0 amide bonds. The summed E-state index contributed by atoms with van der Waals surface area (Å²) >= 11 is 0. The van der Waals surface area contributed by atoms with Gasteiger partial charge in [-0.15, -0.1) is 0 Å². The van der Waals surface area contributed by atoms with Crippen LogP contribution in [-0.4, -0.2) is 11.8 Å². The second-order valence-corrected chi connectivity index (χ2v) is 6.65. The normalized spacial score (nSPS) is 14.1. The van der Waals surface area contributed by atoms with Gasteiger partial charge in [-0.1, -0.05) is 60.2 Å². The molecule has 1 aliphatic rings. The summed E-state index contributed by atoms with van der Waals surface area (Å²) < 4.78 is 11.1. The van der Waals surface area contributed by atoms with Gasteiger partial charge in [-0.05, 0) is 42.8 Å². The van der Waals surface area contributed by atoms with Crippen LogP contribution in [-0.2, 0) is 0 Å². The monoisotopic (exact) mass is 382 g/mol. The van der Waals surface area contributed by atoms with Crippen LogP contribution < -0.4 is 9.47 Å². The molecule has 0 unspecified atom stereocenters. The second kappa shape index (κ2) is 7.98. The molecule has 0 saturated heterocycles. The van der Waals surface area contributed by atoms with Crippen LogP contribution in [0.15, 0.2) is 90.7 Å². The molecule has 4 heteroatoms. The lowest BCUT2D eigenvalue weighted by molar-refractivity contribution is 0.0734. The van der Waals surface area contributed by atoms with Crippen molar-refractivity contribution >= 4 is 17.8 Å². The minimum Gasteiger partial charge on any atom is -0.452 e. The summed E-state index contributed by atoms with van der Waals surface area (Å²) in [6, 6.07) is 21.6. The fourth-order valence-corrected chi connectivity index (χ4v) is 2.91. The molecule has 0 spiro atoms. The maximum Gasteiger partial charge on any atom is 0.343 e. The molecule has 4 nitrogen and oxygen atoms in total. The van der Waals surface area contributed by atoms with Gasteiger partial charge in [-0.25, -0.2) is 4.79 Å². The number of hydrogen-bond donors (Lipinski definition) is 0. The first-order valence-electron chi connectivity index (χ1n) is 9.19. The largest absolute Gasteiger partial charge is 0.452 e. The van der Waals surface area contributed by atoms with E-state index in [-0.39, 0.29) is 11.5 Å². The number of ether oxygens (including phenoxy) is 2. The number of esters is 1. The number of benzene rings is 3. The summed E-state index contributed by atoms with van der Waals surface area (Å²) in [5.41, 5.74) is 2.99. The highest BCUT2D eigenvalue weighted by Crippen LogP contribution is 2.34. The van der Waals surface area contributed by atoms with E-state index in [0.29, 0.717) is 22.6 Å². The van der Waals surface area contributed by atoms with Crippen molar-refractivity contribution in [3.05, 3.63) is 113 Å². The smallest absolute Gasteiger partial charge is 0.343 e. The van der Waals surface area contributed by atoms with Gasteiger partial charge in [-0.2, -0.15) is 0 Å². The zero-order valence-electron chi connectivity index (χ0n) is 15.8. The molecule has 4 rings (SSSR count). The molecule has 29 heavy (non-hydrogen) atoms. The van der Waals surface area contributed by atoms with Crippen LogP contribution in [0, 0.1) is 6.92 Å². The Labute approximate surface area is 168 Å². The van der Waals surface area contributed by atoms with Gasteiger partial charge in [0.25, 0.3) is 0 Å². The average Bonchev–Trinajstić information content (AvgIpc) is 3.04. The van der Waals surface area contributed by atoms with Crippen molar-refractivity contribution in [2.75, 3.05) is 0 Å². The van der Waals surface area contributed by atoms with Crippen molar-refractivity contribution in [2.45, 2.75) is 6.92 Å². The highest BCUT2D eigenvalue weighted by Gasteiger charge is 2.27. The number of rotatable bonds is 4. The standard InChI is InChI=1S/C25H18O4/c1-17-10-12-19(13-11-17)25(27)28-20-14-15-21-23(16-20)29-22(24(21)26)9-5-8-18-6-3-2-4-7-18/h2-16H,1H3. The average molecular weight is 382 g/mol. The van der Waals surface area contributed by atoms with Crippen LogP contribution in [0.4, 0.5) is 0 Å². The molecule has 0 bridgehead atoms. The van der Waals surface area contributed by atoms with Crippen molar-refractivity contribution in [3.63, 3.8) is 0 Å². The Hall–Kier alpha value is -3.92. The second-order valence-electron chi connectivity index (χ2n) is 6.65. The van der Waals surface area contributed by atoms with Crippen molar-refractivity contribution in [3.8, 4) is 11.5 Å². The van der Waals surface area contributed by atoms with E-state index in [9.17, 15) is 9.59 Å². The van der Waals surface area contributed by atoms with Crippen LogP contribution in [0.1, 0.15) is 31.8 Å². The highest BCUT2D eigenvalue weighted by molar-refractivity contribution is 6.12. The fraction of sp³-hybridized carbons (Fsp3) is 0.0400. The molecule has 0 radical (unpaired) electrons. The van der Waals surface area contributed by atoms with Gasteiger partial charge in [0.1, 0.15) is 11.5 Å². The van der Waals surface area contributed by atoms with E-state index in [1.807, 2.05) is 55.5 Å².